The molecule has 7 nitrogen and oxygen atoms in total. The van der Waals surface area contributed by atoms with E-state index < -0.39 is 5.97 Å². The monoisotopic (exact) mass is 661 g/mol. The molecule has 7 rings (SSSR count). The quantitative estimate of drug-likeness (QED) is 0.138. The van der Waals surface area contributed by atoms with Crippen molar-refractivity contribution in [1.29, 1.82) is 0 Å². The Morgan fingerprint density at radius 2 is 1.40 bits per heavy atom. The number of hydrogen-bond donors (Lipinski definition) is 2. The van der Waals surface area contributed by atoms with Crippen molar-refractivity contribution in [3.63, 3.8) is 0 Å². The molecule has 6 fully saturated rings. The third-order valence-electron chi connectivity index (χ3n) is 13.2. The average molecular weight is 662 g/mol. The van der Waals surface area contributed by atoms with E-state index in [9.17, 15) is 14.4 Å². The van der Waals surface area contributed by atoms with Gasteiger partial charge < -0.3 is 20.3 Å². The molecule has 6 saturated carbocycles. The van der Waals surface area contributed by atoms with Crippen LogP contribution in [0.4, 0.5) is 5.69 Å². The molecule has 0 spiro atoms. The van der Waals surface area contributed by atoms with Crippen LogP contribution in [-0.4, -0.2) is 36.2 Å². The van der Waals surface area contributed by atoms with E-state index in [2.05, 4.69) is 46.4 Å². The van der Waals surface area contributed by atoms with Crippen LogP contribution in [0.15, 0.2) is 59.7 Å². The molecular formula is C41H59NO6. The minimum absolute atomic E-state index is 0.155. The van der Waals surface area contributed by atoms with Gasteiger partial charge in [0.15, 0.2) is 0 Å². The Morgan fingerprint density at radius 3 is 1.81 bits per heavy atom. The van der Waals surface area contributed by atoms with Gasteiger partial charge in [-0.3, -0.25) is 9.59 Å². The van der Waals surface area contributed by atoms with E-state index in [0.29, 0.717) is 35.1 Å². The second-order valence-corrected chi connectivity index (χ2v) is 15.9. The molecule has 3 N–H and O–H groups in total. The topological polar surface area (TPSA) is 116 Å². The highest BCUT2D eigenvalue weighted by molar-refractivity contribution is 5.93. The van der Waals surface area contributed by atoms with E-state index in [1.165, 1.54) is 76.0 Å². The number of carbonyl (C=O) groups excluding carboxylic acids is 2. The Balaban J connectivity index is 0.000000171. The molecular weight excluding hydrogens is 602 g/mol. The predicted octanol–water partition coefficient (Wildman–Crippen LogP) is 9.19. The number of ether oxygens (including phenoxy) is 2. The van der Waals surface area contributed by atoms with Crippen LogP contribution in [0.25, 0.3) is 0 Å². The average Bonchev–Trinajstić information content (AvgIpc) is 3.61. The number of nitrogen functional groups attached to an aromatic ring is 1. The van der Waals surface area contributed by atoms with Crippen LogP contribution in [0.1, 0.15) is 117 Å². The van der Waals surface area contributed by atoms with Gasteiger partial charge in [-0.05, 0) is 141 Å². The lowest BCUT2D eigenvalue weighted by molar-refractivity contribution is -0.140. The highest BCUT2D eigenvalue weighted by Crippen LogP contribution is 2.87. The zero-order valence-corrected chi connectivity index (χ0v) is 30.4. The molecule has 0 aromatic heterocycles. The lowest BCUT2D eigenvalue weighted by Gasteiger charge is -2.36. The minimum atomic E-state index is -0.988. The molecule has 0 saturated heterocycles. The number of esters is 2. The van der Waals surface area contributed by atoms with Crippen molar-refractivity contribution in [2.75, 3.05) is 18.9 Å². The van der Waals surface area contributed by atoms with Crippen LogP contribution in [0.3, 0.4) is 0 Å². The second-order valence-electron chi connectivity index (χ2n) is 15.9. The summed E-state index contributed by atoms with van der Waals surface area (Å²) in [7, 11) is 0. The van der Waals surface area contributed by atoms with Crippen LogP contribution in [0.2, 0.25) is 0 Å². The van der Waals surface area contributed by atoms with Gasteiger partial charge in [-0.1, -0.05) is 57.2 Å². The van der Waals surface area contributed by atoms with Crippen LogP contribution in [0, 0.1) is 45.8 Å². The van der Waals surface area contributed by atoms with Gasteiger partial charge in [0, 0.05) is 19.5 Å². The Morgan fingerprint density at radius 1 is 0.854 bits per heavy atom. The van der Waals surface area contributed by atoms with E-state index in [1.807, 2.05) is 6.92 Å². The maximum Gasteiger partial charge on any atom is 0.337 e. The molecule has 1 aromatic rings. The zero-order chi connectivity index (χ0) is 35.4. The molecule has 6 bridgehead atoms. The normalized spacial score (nSPS) is 33.7. The van der Waals surface area contributed by atoms with Crippen LogP contribution < -0.4 is 5.73 Å². The molecule has 48 heavy (non-hydrogen) atoms. The summed E-state index contributed by atoms with van der Waals surface area (Å²) in [4.78, 5) is 31.9. The van der Waals surface area contributed by atoms with Crippen molar-refractivity contribution < 1.29 is 29.0 Å². The number of benzene rings is 1. The number of carboxylic acids is 1. The zero-order valence-electron chi connectivity index (χ0n) is 30.4. The number of carboxylic acid groups (broad SMARTS) is 1. The smallest absolute Gasteiger partial charge is 0.337 e. The SMILES string of the molecule is C=C1C2CCC(C2)C1(C)CCC=C(C)COC(C)=O.CC(=O)OCC(C)=CCCC1(C)C2CC3C(C2)C31C.Nc1ccccc1C(=O)O. The molecule has 0 heterocycles. The number of aromatic carboxylic acids is 1. The summed E-state index contributed by atoms with van der Waals surface area (Å²) in [6, 6.07) is 6.36. The third-order valence-corrected chi connectivity index (χ3v) is 13.2. The molecule has 1 aromatic carbocycles. The summed E-state index contributed by atoms with van der Waals surface area (Å²) in [6.45, 7) is 19.7. The highest BCUT2D eigenvalue weighted by Gasteiger charge is 2.80. The molecule has 0 radical (unpaired) electrons. The van der Waals surface area contributed by atoms with E-state index in [4.69, 9.17) is 20.3 Å². The van der Waals surface area contributed by atoms with Gasteiger partial charge in [-0.2, -0.15) is 0 Å². The summed E-state index contributed by atoms with van der Waals surface area (Å²) < 4.78 is 10.0. The van der Waals surface area contributed by atoms with Crippen molar-refractivity contribution in [1.82, 2.24) is 0 Å². The Hall–Kier alpha value is -3.35. The predicted molar refractivity (Wildman–Crippen MR) is 191 cm³/mol. The number of anilines is 1. The molecule has 264 valence electrons. The van der Waals surface area contributed by atoms with Crippen molar-refractivity contribution >= 4 is 23.6 Å². The summed E-state index contributed by atoms with van der Waals surface area (Å²) in [6.07, 6.45) is 16.3. The fourth-order valence-corrected chi connectivity index (χ4v) is 9.95. The number of rotatable bonds is 11. The summed E-state index contributed by atoms with van der Waals surface area (Å²) >= 11 is 0. The van der Waals surface area contributed by atoms with Gasteiger partial charge in [0.2, 0.25) is 0 Å². The highest BCUT2D eigenvalue weighted by atomic mass is 16.5. The van der Waals surface area contributed by atoms with E-state index in [0.717, 1.165) is 48.0 Å². The van der Waals surface area contributed by atoms with Crippen LogP contribution >= 0.6 is 0 Å². The second kappa shape index (κ2) is 15.0. The minimum Gasteiger partial charge on any atom is -0.478 e. The number of nitrogens with two attached hydrogens (primary N) is 1. The third kappa shape index (κ3) is 7.76. The fourth-order valence-electron chi connectivity index (χ4n) is 9.95. The molecule has 0 amide bonds. The molecule has 6 atom stereocenters. The summed E-state index contributed by atoms with van der Waals surface area (Å²) in [5.74, 6) is 3.34. The van der Waals surface area contributed by atoms with E-state index in [1.54, 1.807) is 18.2 Å². The summed E-state index contributed by atoms with van der Waals surface area (Å²) in [5.41, 5.74) is 11.2. The van der Waals surface area contributed by atoms with E-state index in [-0.39, 0.29) is 17.5 Å². The van der Waals surface area contributed by atoms with Gasteiger partial charge in [-0.15, -0.1) is 0 Å². The van der Waals surface area contributed by atoms with Crippen LogP contribution in [-0.2, 0) is 19.1 Å². The van der Waals surface area contributed by atoms with Crippen molar-refractivity contribution in [2.45, 2.75) is 106 Å². The summed E-state index contributed by atoms with van der Waals surface area (Å²) in [5, 5.41) is 8.49. The van der Waals surface area contributed by atoms with Crippen molar-refractivity contribution in [3.8, 4) is 0 Å². The maximum atomic E-state index is 10.8. The van der Waals surface area contributed by atoms with Gasteiger partial charge in [0.25, 0.3) is 0 Å². The molecule has 6 unspecified atom stereocenters. The molecule has 0 aliphatic heterocycles. The molecule has 6 aliphatic carbocycles. The number of carbonyl (C=O) groups is 3. The first-order valence-electron chi connectivity index (χ1n) is 17.9. The lowest BCUT2D eigenvalue weighted by atomic mass is 9.69. The fraction of sp³-hybridized carbons (Fsp3) is 0.634. The number of fused-ring (bicyclic) bond motifs is 2. The van der Waals surface area contributed by atoms with E-state index >= 15 is 0 Å². The first kappa shape index (κ1) is 37.5. The largest absolute Gasteiger partial charge is 0.478 e. The Labute approximate surface area is 288 Å². The maximum absolute atomic E-state index is 10.8. The first-order chi connectivity index (χ1) is 22.5. The first-order valence-corrected chi connectivity index (χ1v) is 17.9. The van der Waals surface area contributed by atoms with Gasteiger partial charge in [0.05, 0.1) is 5.56 Å². The standard InChI is InChI=1S/2C17H26O2.C7H7NO2/c1-11(10-19-12(2)18)6-5-7-16(3)13-8-14-15(9-13)17(14,16)4;1-12(11-19-14(3)18)6-5-9-17(4)13(2)15-7-8-16(17)10-15;8-6-4-2-1-3-5(6)7(9)10/h6,13-15H,5,7-10H2,1-4H3;6,15-16H,2,5,7-11H2,1,3-4H3;1-4H,8H2,(H,9,10). The van der Waals surface area contributed by atoms with Gasteiger partial charge in [0.1, 0.15) is 13.2 Å². The van der Waals surface area contributed by atoms with Gasteiger partial charge in [-0.25, -0.2) is 4.79 Å². The Bertz CT molecular complexity index is 1430. The van der Waals surface area contributed by atoms with Gasteiger partial charge >= 0.3 is 17.9 Å². The number of para-hydroxylation sites is 1. The van der Waals surface area contributed by atoms with Crippen molar-refractivity contribution in [3.05, 3.63) is 65.3 Å². The number of hydrogen-bond acceptors (Lipinski definition) is 6. The van der Waals surface area contributed by atoms with Crippen LogP contribution in [0.5, 0.6) is 0 Å². The van der Waals surface area contributed by atoms with Crippen molar-refractivity contribution in [2.24, 2.45) is 45.8 Å². The lowest BCUT2D eigenvalue weighted by Crippen LogP contribution is -2.26. The molecule has 6 aliphatic rings. The Kier molecular flexibility index (Phi) is 11.7. The molecule has 7 heteroatoms. The number of allylic oxidation sites excluding steroid dienone is 3.